The molecule has 0 bridgehead atoms. The van der Waals surface area contributed by atoms with Crippen molar-refractivity contribution in [2.24, 2.45) is 0 Å². The number of carbonyl (C=O) groups excluding carboxylic acids is 1. The molecule has 2 atom stereocenters. The van der Waals surface area contributed by atoms with Crippen molar-refractivity contribution in [2.45, 2.75) is 45.2 Å². The summed E-state index contributed by atoms with van der Waals surface area (Å²) < 4.78 is 0. The lowest BCUT2D eigenvalue weighted by atomic mass is 10.1. The molecule has 0 saturated carbocycles. The molecule has 3 rings (SSSR count). The van der Waals surface area contributed by atoms with Crippen LogP contribution in [0.1, 0.15) is 30.5 Å². The number of hydrogen-bond donors (Lipinski definition) is 3. The molecule has 0 heterocycles. The predicted octanol–water partition coefficient (Wildman–Crippen LogP) is 6.34. The van der Waals surface area contributed by atoms with Crippen molar-refractivity contribution in [3.8, 4) is 0 Å². The first-order valence-corrected chi connectivity index (χ1v) is 12.5. The summed E-state index contributed by atoms with van der Waals surface area (Å²) in [6, 6.07) is 23.9. The highest BCUT2D eigenvalue weighted by molar-refractivity contribution is 6.30. The van der Waals surface area contributed by atoms with Crippen molar-refractivity contribution in [3.63, 3.8) is 0 Å². The van der Waals surface area contributed by atoms with Gasteiger partial charge in [0, 0.05) is 21.8 Å². The van der Waals surface area contributed by atoms with Gasteiger partial charge < -0.3 is 16.0 Å². The Morgan fingerprint density at radius 2 is 1.31 bits per heavy atom. The van der Waals surface area contributed by atoms with E-state index in [1.807, 2.05) is 61.5 Å². The lowest BCUT2D eigenvalue weighted by molar-refractivity contribution is -0.117. The van der Waals surface area contributed by atoms with E-state index in [4.69, 9.17) is 23.2 Å². The molecular weight excluding hydrogens is 501 g/mol. The number of nitrogens with one attached hydrogen (secondary N) is 3. The molecule has 35 heavy (non-hydrogen) atoms. The van der Waals surface area contributed by atoms with Crippen LogP contribution in [0.15, 0.2) is 72.8 Å². The molecule has 4 nitrogen and oxygen atoms in total. The van der Waals surface area contributed by atoms with Gasteiger partial charge in [-0.15, -0.1) is 12.4 Å². The van der Waals surface area contributed by atoms with Gasteiger partial charge in [0.05, 0.1) is 6.04 Å². The van der Waals surface area contributed by atoms with Crippen LogP contribution in [-0.2, 0) is 24.1 Å². The zero-order valence-corrected chi connectivity index (χ0v) is 22.5. The minimum atomic E-state index is -0.289. The maximum atomic E-state index is 12.5. The zero-order valence-electron chi connectivity index (χ0n) is 20.2. The topological polar surface area (TPSA) is 53.2 Å². The van der Waals surface area contributed by atoms with E-state index in [9.17, 15) is 4.79 Å². The summed E-state index contributed by atoms with van der Waals surface area (Å²) in [5.74, 6) is -0.0464. The Labute approximate surface area is 225 Å². The van der Waals surface area contributed by atoms with E-state index < -0.39 is 0 Å². The van der Waals surface area contributed by atoms with Crippen LogP contribution in [0.5, 0.6) is 0 Å². The van der Waals surface area contributed by atoms with Gasteiger partial charge in [-0.05, 0) is 99.3 Å². The summed E-state index contributed by atoms with van der Waals surface area (Å²) in [7, 11) is 0. The predicted molar refractivity (Wildman–Crippen MR) is 151 cm³/mol. The molecule has 0 aliphatic rings. The Kier molecular flexibility index (Phi) is 12.6. The third-order valence-corrected chi connectivity index (χ3v) is 6.18. The second-order valence-electron chi connectivity index (χ2n) is 8.68. The maximum absolute atomic E-state index is 12.5. The summed E-state index contributed by atoms with van der Waals surface area (Å²) in [5, 5.41) is 11.3. The summed E-state index contributed by atoms with van der Waals surface area (Å²) >= 11 is 12.1. The van der Waals surface area contributed by atoms with Gasteiger partial charge in [-0.3, -0.25) is 4.79 Å². The highest BCUT2D eigenvalue weighted by Crippen LogP contribution is 2.14. The largest absolute Gasteiger partial charge is 0.325 e. The van der Waals surface area contributed by atoms with Crippen molar-refractivity contribution in [3.05, 3.63) is 99.5 Å². The fourth-order valence-corrected chi connectivity index (χ4v) is 4.20. The lowest BCUT2D eigenvalue weighted by Crippen LogP contribution is -2.39. The first-order valence-electron chi connectivity index (χ1n) is 11.7. The number of anilines is 1. The van der Waals surface area contributed by atoms with Crippen LogP contribution in [0.25, 0.3) is 0 Å². The molecule has 3 aromatic carbocycles. The Bertz CT molecular complexity index is 1060. The smallest absolute Gasteiger partial charge is 0.241 e. The van der Waals surface area contributed by atoms with Crippen LogP contribution in [-0.4, -0.2) is 31.1 Å². The number of hydrogen-bond acceptors (Lipinski definition) is 3. The molecule has 0 spiro atoms. The Hall–Kier alpha value is -2.08. The van der Waals surface area contributed by atoms with E-state index in [0.717, 1.165) is 47.1 Å². The quantitative estimate of drug-likeness (QED) is 0.254. The molecule has 0 radical (unpaired) electrons. The van der Waals surface area contributed by atoms with Crippen molar-refractivity contribution in [1.29, 1.82) is 0 Å². The Morgan fingerprint density at radius 1 is 0.771 bits per heavy atom. The van der Waals surface area contributed by atoms with Gasteiger partial charge in [0.2, 0.25) is 5.91 Å². The minimum absolute atomic E-state index is 0. The number of carbonyl (C=O) groups is 1. The van der Waals surface area contributed by atoms with Gasteiger partial charge in [0.25, 0.3) is 0 Å². The fraction of sp³-hybridized carbons (Fsp3) is 0.321. The van der Waals surface area contributed by atoms with E-state index in [0.29, 0.717) is 12.6 Å². The molecule has 1 unspecified atom stereocenters. The SMILES string of the molecule is CC(Cc1ccc(NC(=O)[C@H](C)NCCc2cccc(Cl)c2)cc1)NCCc1cccc(Cl)c1.Cl. The van der Waals surface area contributed by atoms with Gasteiger partial charge in [-0.25, -0.2) is 0 Å². The molecule has 0 aromatic heterocycles. The van der Waals surface area contributed by atoms with Crippen LogP contribution in [0.4, 0.5) is 5.69 Å². The monoisotopic (exact) mass is 533 g/mol. The van der Waals surface area contributed by atoms with E-state index in [1.165, 1.54) is 11.1 Å². The van der Waals surface area contributed by atoms with Gasteiger partial charge in [0.1, 0.15) is 0 Å². The number of benzene rings is 3. The molecule has 188 valence electrons. The van der Waals surface area contributed by atoms with Crippen LogP contribution in [0.2, 0.25) is 10.0 Å². The third-order valence-electron chi connectivity index (χ3n) is 5.71. The Balaban J connectivity index is 0.00000432. The molecule has 0 aliphatic carbocycles. The molecular formula is C28H34Cl3N3O. The van der Waals surface area contributed by atoms with Gasteiger partial charge >= 0.3 is 0 Å². The highest BCUT2D eigenvalue weighted by Gasteiger charge is 2.12. The molecule has 7 heteroatoms. The molecule has 3 N–H and O–H groups in total. The van der Waals surface area contributed by atoms with Crippen molar-refractivity contribution in [1.82, 2.24) is 10.6 Å². The van der Waals surface area contributed by atoms with E-state index in [-0.39, 0.29) is 24.4 Å². The normalized spacial score (nSPS) is 12.5. The standard InChI is InChI=1S/C28H33Cl2N3O.ClH/c1-20(31-15-13-22-5-3-7-25(29)18-22)17-24-9-11-27(12-10-24)33-28(34)21(2)32-16-14-23-6-4-8-26(30)19-23;/h3-12,18-21,31-32H,13-17H2,1-2H3,(H,33,34);1H/t20?,21-;/m0./s1. The maximum Gasteiger partial charge on any atom is 0.241 e. The molecule has 1 amide bonds. The van der Waals surface area contributed by atoms with Crippen molar-refractivity contribution < 1.29 is 4.79 Å². The second kappa shape index (κ2) is 15.1. The third kappa shape index (κ3) is 10.6. The summed E-state index contributed by atoms with van der Waals surface area (Å²) in [5.41, 5.74) is 4.42. The van der Waals surface area contributed by atoms with Crippen LogP contribution in [0, 0.1) is 0 Å². The summed E-state index contributed by atoms with van der Waals surface area (Å²) in [6.07, 6.45) is 2.69. The molecule has 0 fully saturated rings. The number of halogens is 3. The number of rotatable bonds is 12. The Morgan fingerprint density at radius 3 is 1.86 bits per heavy atom. The van der Waals surface area contributed by atoms with Crippen molar-refractivity contribution >= 4 is 47.2 Å². The number of amides is 1. The van der Waals surface area contributed by atoms with Gasteiger partial charge in [-0.1, -0.05) is 59.6 Å². The highest BCUT2D eigenvalue weighted by atomic mass is 35.5. The van der Waals surface area contributed by atoms with Crippen LogP contribution >= 0.6 is 35.6 Å². The summed E-state index contributed by atoms with van der Waals surface area (Å²) in [4.78, 5) is 12.5. The van der Waals surface area contributed by atoms with E-state index in [1.54, 1.807) is 0 Å². The summed E-state index contributed by atoms with van der Waals surface area (Å²) in [6.45, 7) is 5.66. The minimum Gasteiger partial charge on any atom is -0.325 e. The first kappa shape index (κ1) is 29.2. The van der Waals surface area contributed by atoms with Gasteiger partial charge in [-0.2, -0.15) is 0 Å². The zero-order chi connectivity index (χ0) is 24.3. The van der Waals surface area contributed by atoms with Crippen LogP contribution in [0.3, 0.4) is 0 Å². The second-order valence-corrected chi connectivity index (χ2v) is 9.55. The average molecular weight is 535 g/mol. The van der Waals surface area contributed by atoms with E-state index >= 15 is 0 Å². The van der Waals surface area contributed by atoms with E-state index in [2.05, 4.69) is 41.1 Å². The fourth-order valence-electron chi connectivity index (χ4n) is 3.77. The lowest BCUT2D eigenvalue weighted by Gasteiger charge is -2.16. The van der Waals surface area contributed by atoms with Crippen LogP contribution < -0.4 is 16.0 Å². The van der Waals surface area contributed by atoms with Gasteiger partial charge in [0.15, 0.2) is 0 Å². The molecule has 0 saturated heterocycles. The average Bonchev–Trinajstić information content (AvgIpc) is 2.80. The molecule has 0 aliphatic heterocycles. The first-order chi connectivity index (χ1) is 16.4. The molecule has 3 aromatic rings. The van der Waals surface area contributed by atoms with Crippen molar-refractivity contribution in [2.75, 3.05) is 18.4 Å².